The van der Waals surface area contributed by atoms with Gasteiger partial charge in [0.1, 0.15) is 0 Å². The number of rotatable bonds is 3. The predicted molar refractivity (Wildman–Crippen MR) is 61.1 cm³/mol. The van der Waals surface area contributed by atoms with E-state index in [-0.39, 0.29) is 6.61 Å². The Bertz CT molecular complexity index is 324. The van der Waals surface area contributed by atoms with Gasteiger partial charge in [0.15, 0.2) is 0 Å². The van der Waals surface area contributed by atoms with Gasteiger partial charge < -0.3 is 5.11 Å². The van der Waals surface area contributed by atoms with Gasteiger partial charge in [-0.05, 0) is 29.5 Å². The maximum Gasteiger partial charge on any atom is 0.0647 e. The molecule has 1 aromatic carbocycles. The van der Waals surface area contributed by atoms with Crippen molar-refractivity contribution in [2.24, 2.45) is 5.92 Å². The molecule has 0 saturated heterocycles. The second-order valence-corrected chi connectivity index (χ2v) is 3.89. The van der Waals surface area contributed by atoms with Crippen LogP contribution in [0, 0.1) is 12.8 Å². The SMILES string of the molecule is Cc1ccccc1C=C(CO)C(C)C. The summed E-state index contributed by atoms with van der Waals surface area (Å²) < 4.78 is 0. The monoisotopic (exact) mass is 190 g/mol. The van der Waals surface area contributed by atoms with E-state index in [0.717, 1.165) is 5.57 Å². The van der Waals surface area contributed by atoms with Crippen LogP contribution < -0.4 is 0 Å². The first-order valence-electron chi connectivity index (χ1n) is 5.02. The van der Waals surface area contributed by atoms with E-state index in [1.807, 2.05) is 12.1 Å². The third kappa shape index (κ3) is 2.71. The van der Waals surface area contributed by atoms with Crippen molar-refractivity contribution in [3.8, 4) is 0 Å². The van der Waals surface area contributed by atoms with Crippen molar-refractivity contribution in [2.75, 3.05) is 6.61 Å². The van der Waals surface area contributed by atoms with Crippen molar-refractivity contribution in [3.05, 3.63) is 41.0 Å². The highest BCUT2D eigenvalue weighted by Gasteiger charge is 2.02. The van der Waals surface area contributed by atoms with Crippen LogP contribution >= 0.6 is 0 Å². The minimum absolute atomic E-state index is 0.145. The molecule has 76 valence electrons. The van der Waals surface area contributed by atoms with Crippen LogP contribution in [0.4, 0.5) is 0 Å². The molecular formula is C13H18O. The van der Waals surface area contributed by atoms with Gasteiger partial charge in [0, 0.05) is 0 Å². The summed E-state index contributed by atoms with van der Waals surface area (Å²) in [7, 11) is 0. The van der Waals surface area contributed by atoms with Crippen LogP contribution in [-0.4, -0.2) is 11.7 Å². The third-order valence-corrected chi connectivity index (χ3v) is 2.45. The van der Waals surface area contributed by atoms with E-state index < -0.39 is 0 Å². The fourth-order valence-electron chi connectivity index (χ4n) is 1.34. The molecule has 0 radical (unpaired) electrons. The summed E-state index contributed by atoms with van der Waals surface area (Å²) >= 11 is 0. The molecule has 1 nitrogen and oxygen atoms in total. The van der Waals surface area contributed by atoms with Crippen LogP contribution in [0.1, 0.15) is 25.0 Å². The first kappa shape index (κ1) is 11.0. The average molecular weight is 190 g/mol. The van der Waals surface area contributed by atoms with Crippen LogP contribution in [0.15, 0.2) is 29.8 Å². The topological polar surface area (TPSA) is 20.2 Å². The lowest BCUT2D eigenvalue weighted by atomic mass is 9.99. The number of aliphatic hydroxyl groups is 1. The predicted octanol–water partition coefficient (Wildman–Crippen LogP) is 3.03. The van der Waals surface area contributed by atoms with E-state index in [0.29, 0.717) is 5.92 Å². The number of hydrogen-bond acceptors (Lipinski definition) is 1. The minimum atomic E-state index is 0.145. The van der Waals surface area contributed by atoms with Crippen LogP contribution in [0.25, 0.3) is 6.08 Å². The Labute approximate surface area is 86.1 Å². The van der Waals surface area contributed by atoms with Crippen LogP contribution in [0.3, 0.4) is 0 Å². The van der Waals surface area contributed by atoms with Gasteiger partial charge in [-0.2, -0.15) is 0 Å². The second-order valence-electron chi connectivity index (χ2n) is 3.89. The highest BCUT2D eigenvalue weighted by atomic mass is 16.3. The van der Waals surface area contributed by atoms with E-state index in [9.17, 15) is 5.11 Å². The van der Waals surface area contributed by atoms with Crippen molar-refractivity contribution < 1.29 is 5.11 Å². The Hall–Kier alpha value is -1.08. The highest BCUT2D eigenvalue weighted by Crippen LogP contribution is 2.16. The molecule has 0 aromatic heterocycles. The van der Waals surface area contributed by atoms with Crippen molar-refractivity contribution in [1.82, 2.24) is 0 Å². The Morgan fingerprint density at radius 2 is 2.00 bits per heavy atom. The normalized spacial score (nSPS) is 12.2. The molecule has 0 unspecified atom stereocenters. The summed E-state index contributed by atoms with van der Waals surface area (Å²) in [6.45, 7) is 6.42. The van der Waals surface area contributed by atoms with E-state index in [1.54, 1.807) is 0 Å². The van der Waals surface area contributed by atoms with Gasteiger partial charge in [-0.15, -0.1) is 0 Å². The summed E-state index contributed by atoms with van der Waals surface area (Å²) in [4.78, 5) is 0. The van der Waals surface area contributed by atoms with E-state index in [2.05, 4.69) is 39.0 Å². The van der Waals surface area contributed by atoms with Crippen molar-refractivity contribution in [1.29, 1.82) is 0 Å². The minimum Gasteiger partial charge on any atom is -0.392 e. The number of benzene rings is 1. The third-order valence-electron chi connectivity index (χ3n) is 2.45. The van der Waals surface area contributed by atoms with Gasteiger partial charge in [0.2, 0.25) is 0 Å². The molecule has 1 rings (SSSR count). The largest absolute Gasteiger partial charge is 0.392 e. The standard InChI is InChI=1S/C13H18O/c1-10(2)13(9-14)8-12-7-5-4-6-11(12)3/h4-8,10,14H,9H2,1-3H3. The second kappa shape index (κ2) is 4.97. The van der Waals surface area contributed by atoms with Crippen molar-refractivity contribution >= 4 is 6.08 Å². The van der Waals surface area contributed by atoms with E-state index in [4.69, 9.17) is 0 Å². The maximum atomic E-state index is 9.18. The molecule has 0 aliphatic carbocycles. The molecule has 0 aliphatic heterocycles. The zero-order valence-corrected chi connectivity index (χ0v) is 9.12. The molecule has 0 spiro atoms. The summed E-state index contributed by atoms with van der Waals surface area (Å²) in [5, 5.41) is 9.18. The molecule has 0 atom stereocenters. The average Bonchev–Trinajstić information content (AvgIpc) is 2.16. The molecule has 1 heteroatoms. The Morgan fingerprint density at radius 3 is 2.50 bits per heavy atom. The van der Waals surface area contributed by atoms with Gasteiger partial charge >= 0.3 is 0 Å². The van der Waals surface area contributed by atoms with Gasteiger partial charge in [-0.3, -0.25) is 0 Å². The Morgan fingerprint density at radius 1 is 1.36 bits per heavy atom. The summed E-state index contributed by atoms with van der Waals surface area (Å²) in [5.74, 6) is 0.402. The first-order valence-corrected chi connectivity index (χ1v) is 5.02. The molecule has 14 heavy (non-hydrogen) atoms. The van der Waals surface area contributed by atoms with Crippen LogP contribution in [-0.2, 0) is 0 Å². The molecule has 0 aliphatic rings. The van der Waals surface area contributed by atoms with Crippen LogP contribution in [0.2, 0.25) is 0 Å². The molecular weight excluding hydrogens is 172 g/mol. The van der Waals surface area contributed by atoms with Gasteiger partial charge in [-0.25, -0.2) is 0 Å². The molecule has 0 amide bonds. The van der Waals surface area contributed by atoms with Crippen molar-refractivity contribution in [3.63, 3.8) is 0 Å². The van der Waals surface area contributed by atoms with E-state index >= 15 is 0 Å². The molecule has 1 aromatic rings. The summed E-state index contributed by atoms with van der Waals surface area (Å²) in [6.07, 6.45) is 2.08. The number of aryl methyl sites for hydroxylation is 1. The Kier molecular flexibility index (Phi) is 3.90. The van der Waals surface area contributed by atoms with E-state index in [1.165, 1.54) is 11.1 Å². The molecule has 1 N–H and O–H groups in total. The zero-order valence-electron chi connectivity index (χ0n) is 9.12. The zero-order chi connectivity index (χ0) is 10.6. The quantitative estimate of drug-likeness (QED) is 0.776. The molecule has 0 bridgehead atoms. The lowest BCUT2D eigenvalue weighted by Crippen LogP contribution is -1.99. The molecule has 0 fully saturated rings. The fraction of sp³-hybridized carbons (Fsp3) is 0.385. The lowest BCUT2D eigenvalue weighted by Gasteiger charge is -2.09. The first-order chi connectivity index (χ1) is 6.65. The smallest absolute Gasteiger partial charge is 0.0647 e. The van der Waals surface area contributed by atoms with Crippen molar-refractivity contribution in [2.45, 2.75) is 20.8 Å². The Balaban J connectivity index is 3.00. The van der Waals surface area contributed by atoms with Gasteiger partial charge in [0.25, 0.3) is 0 Å². The summed E-state index contributed by atoms with van der Waals surface area (Å²) in [5.41, 5.74) is 3.53. The molecule has 0 saturated carbocycles. The highest BCUT2D eigenvalue weighted by molar-refractivity contribution is 5.56. The molecule has 0 heterocycles. The number of aliphatic hydroxyl groups excluding tert-OH is 1. The van der Waals surface area contributed by atoms with Crippen LogP contribution in [0.5, 0.6) is 0 Å². The maximum absolute atomic E-state index is 9.18. The van der Waals surface area contributed by atoms with Gasteiger partial charge in [-0.1, -0.05) is 44.2 Å². The fourth-order valence-corrected chi connectivity index (χ4v) is 1.34. The number of hydrogen-bond donors (Lipinski definition) is 1. The summed E-state index contributed by atoms with van der Waals surface area (Å²) in [6, 6.07) is 8.21. The van der Waals surface area contributed by atoms with Gasteiger partial charge in [0.05, 0.1) is 6.61 Å². The lowest BCUT2D eigenvalue weighted by molar-refractivity contribution is 0.320.